The van der Waals surface area contributed by atoms with Crippen LogP contribution in [0.2, 0.25) is 0 Å². The van der Waals surface area contributed by atoms with Crippen LogP contribution in [0.5, 0.6) is 0 Å². The molecule has 0 radical (unpaired) electrons. The third kappa shape index (κ3) is 3.62. The van der Waals surface area contributed by atoms with Crippen LogP contribution in [0, 0.1) is 0 Å². The van der Waals surface area contributed by atoms with Crippen molar-refractivity contribution in [2.45, 2.75) is 65.3 Å². The van der Waals surface area contributed by atoms with Gasteiger partial charge < -0.3 is 10.2 Å². The van der Waals surface area contributed by atoms with Gasteiger partial charge in [-0.05, 0) is 26.2 Å². The molecule has 1 saturated carbocycles. The van der Waals surface area contributed by atoms with Crippen molar-refractivity contribution in [3.05, 3.63) is 11.9 Å². The smallest absolute Gasteiger partial charge is 0.138 e. The van der Waals surface area contributed by atoms with Crippen LogP contribution in [0.3, 0.4) is 0 Å². The summed E-state index contributed by atoms with van der Waals surface area (Å²) in [6, 6.07) is 2.79. The molecule has 0 bridgehead atoms. The summed E-state index contributed by atoms with van der Waals surface area (Å²) in [5, 5.41) is 3.41. The first-order valence-corrected chi connectivity index (χ1v) is 7.85. The molecule has 0 amide bonds. The molecule has 1 N–H and O–H groups in total. The van der Waals surface area contributed by atoms with Gasteiger partial charge in [-0.25, -0.2) is 9.97 Å². The zero-order chi connectivity index (χ0) is 14.8. The van der Waals surface area contributed by atoms with Gasteiger partial charge in [0.1, 0.15) is 17.5 Å². The summed E-state index contributed by atoms with van der Waals surface area (Å²) < 4.78 is 0. The zero-order valence-corrected chi connectivity index (χ0v) is 13.5. The van der Waals surface area contributed by atoms with E-state index in [1.807, 2.05) is 0 Å². The number of hydrogen-bond acceptors (Lipinski definition) is 4. The molecule has 1 heterocycles. The molecule has 0 unspecified atom stereocenters. The molecule has 20 heavy (non-hydrogen) atoms. The fourth-order valence-corrected chi connectivity index (χ4v) is 2.25. The van der Waals surface area contributed by atoms with Crippen LogP contribution in [-0.4, -0.2) is 29.1 Å². The van der Waals surface area contributed by atoms with E-state index >= 15 is 0 Å². The molecule has 0 aromatic carbocycles. The second-order valence-corrected chi connectivity index (χ2v) is 6.63. The maximum Gasteiger partial charge on any atom is 0.138 e. The number of aromatic nitrogens is 2. The molecule has 112 valence electrons. The third-order valence-corrected chi connectivity index (χ3v) is 3.56. The molecule has 1 fully saturated rings. The van der Waals surface area contributed by atoms with Gasteiger partial charge in [0.25, 0.3) is 0 Å². The largest absolute Gasteiger partial charge is 0.370 e. The fourth-order valence-electron chi connectivity index (χ4n) is 2.25. The predicted octanol–water partition coefficient (Wildman–Crippen LogP) is 3.58. The Hall–Kier alpha value is -1.32. The van der Waals surface area contributed by atoms with E-state index in [1.54, 1.807) is 0 Å². The summed E-state index contributed by atoms with van der Waals surface area (Å²) in [4.78, 5) is 11.9. The van der Waals surface area contributed by atoms with E-state index in [9.17, 15) is 0 Å². The topological polar surface area (TPSA) is 41.0 Å². The average molecular weight is 276 g/mol. The second kappa shape index (κ2) is 5.98. The first kappa shape index (κ1) is 15.1. The van der Waals surface area contributed by atoms with Gasteiger partial charge in [0.05, 0.1) is 0 Å². The van der Waals surface area contributed by atoms with Gasteiger partial charge in [-0.15, -0.1) is 0 Å². The SMILES string of the molecule is CCCNc1cc(N(CC)C2CC2)nc(C(C)(C)C)n1. The Morgan fingerprint density at radius 1 is 1.25 bits per heavy atom. The highest BCUT2D eigenvalue weighted by Crippen LogP contribution is 2.32. The van der Waals surface area contributed by atoms with Crippen LogP contribution in [-0.2, 0) is 5.41 Å². The molecule has 0 aliphatic heterocycles. The highest BCUT2D eigenvalue weighted by atomic mass is 15.2. The number of anilines is 2. The van der Waals surface area contributed by atoms with Gasteiger partial charge in [-0.2, -0.15) is 0 Å². The van der Waals surface area contributed by atoms with E-state index in [4.69, 9.17) is 4.98 Å². The molecule has 1 aliphatic rings. The van der Waals surface area contributed by atoms with Gasteiger partial charge in [0, 0.05) is 30.6 Å². The summed E-state index contributed by atoms with van der Waals surface area (Å²) in [7, 11) is 0. The Morgan fingerprint density at radius 3 is 2.45 bits per heavy atom. The normalized spacial score (nSPS) is 15.2. The minimum atomic E-state index is -0.0262. The van der Waals surface area contributed by atoms with Crippen LogP contribution in [0.4, 0.5) is 11.6 Å². The van der Waals surface area contributed by atoms with Crippen molar-refractivity contribution < 1.29 is 0 Å². The Balaban J connectivity index is 2.33. The summed E-state index contributed by atoms with van der Waals surface area (Å²) in [6.07, 6.45) is 3.69. The Morgan fingerprint density at radius 2 is 1.95 bits per heavy atom. The fraction of sp³-hybridized carbons (Fsp3) is 0.750. The van der Waals surface area contributed by atoms with E-state index in [0.29, 0.717) is 6.04 Å². The second-order valence-electron chi connectivity index (χ2n) is 6.63. The molecule has 0 atom stereocenters. The molecule has 2 rings (SSSR count). The van der Waals surface area contributed by atoms with Gasteiger partial charge in [-0.3, -0.25) is 0 Å². The third-order valence-electron chi connectivity index (χ3n) is 3.56. The van der Waals surface area contributed by atoms with E-state index in [-0.39, 0.29) is 5.41 Å². The average Bonchev–Trinajstić information content (AvgIpc) is 3.20. The quantitative estimate of drug-likeness (QED) is 0.862. The first-order valence-electron chi connectivity index (χ1n) is 7.85. The molecular formula is C16H28N4. The van der Waals surface area contributed by atoms with Crippen LogP contribution >= 0.6 is 0 Å². The van der Waals surface area contributed by atoms with E-state index in [1.165, 1.54) is 12.8 Å². The molecule has 1 aromatic rings. The van der Waals surface area contributed by atoms with Crippen molar-refractivity contribution in [1.82, 2.24) is 9.97 Å². The molecule has 4 heteroatoms. The van der Waals surface area contributed by atoms with Gasteiger partial charge in [0.2, 0.25) is 0 Å². The highest BCUT2D eigenvalue weighted by molar-refractivity contribution is 5.51. The van der Waals surface area contributed by atoms with Crippen LogP contribution in [0.1, 0.15) is 59.7 Å². The monoisotopic (exact) mass is 276 g/mol. The van der Waals surface area contributed by atoms with Crippen molar-refractivity contribution in [3.63, 3.8) is 0 Å². The number of rotatable bonds is 6. The van der Waals surface area contributed by atoms with Crippen molar-refractivity contribution in [2.75, 3.05) is 23.3 Å². The Labute approximate surface area is 123 Å². The first-order chi connectivity index (χ1) is 9.45. The lowest BCUT2D eigenvalue weighted by atomic mass is 9.96. The van der Waals surface area contributed by atoms with Crippen LogP contribution < -0.4 is 10.2 Å². The number of nitrogens with one attached hydrogen (secondary N) is 1. The molecule has 4 nitrogen and oxygen atoms in total. The maximum absolute atomic E-state index is 4.82. The van der Waals surface area contributed by atoms with Crippen molar-refractivity contribution in [1.29, 1.82) is 0 Å². The maximum atomic E-state index is 4.82. The lowest BCUT2D eigenvalue weighted by Crippen LogP contribution is -2.28. The van der Waals surface area contributed by atoms with Crippen molar-refractivity contribution in [2.24, 2.45) is 0 Å². The van der Waals surface area contributed by atoms with Crippen molar-refractivity contribution >= 4 is 11.6 Å². The van der Waals surface area contributed by atoms with Crippen LogP contribution in [0.25, 0.3) is 0 Å². The summed E-state index contributed by atoms with van der Waals surface area (Å²) in [5.41, 5.74) is -0.0262. The standard InChI is InChI=1S/C16H28N4/c1-6-10-17-13-11-14(20(7-2)12-8-9-12)19-15(18-13)16(3,4)5/h11-12H,6-10H2,1-5H3,(H,17,18,19). The Bertz CT molecular complexity index is 446. The van der Waals surface area contributed by atoms with E-state index in [2.05, 4.69) is 55.9 Å². The molecular weight excluding hydrogens is 248 g/mol. The predicted molar refractivity (Wildman–Crippen MR) is 85.6 cm³/mol. The lowest BCUT2D eigenvalue weighted by Gasteiger charge is -2.25. The highest BCUT2D eigenvalue weighted by Gasteiger charge is 2.30. The van der Waals surface area contributed by atoms with Crippen LogP contribution in [0.15, 0.2) is 6.07 Å². The van der Waals surface area contributed by atoms with Gasteiger partial charge in [-0.1, -0.05) is 27.7 Å². The number of nitrogens with zero attached hydrogens (tertiary/aromatic N) is 3. The van der Waals surface area contributed by atoms with E-state index in [0.717, 1.165) is 37.0 Å². The minimum Gasteiger partial charge on any atom is -0.370 e. The minimum absolute atomic E-state index is 0.0262. The summed E-state index contributed by atoms with van der Waals surface area (Å²) in [5.74, 6) is 2.96. The lowest BCUT2D eigenvalue weighted by molar-refractivity contribution is 0.544. The summed E-state index contributed by atoms with van der Waals surface area (Å²) >= 11 is 0. The zero-order valence-electron chi connectivity index (χ0n) is 13.5. The Kier molecular flexibility index (Phi) is 4.51. The van der Waals surface area contributed by atoms with E-state index < -0.39 is 0 Å². The number of hydrogen-bond donors (Lipinski definition) is 1. The molecule has 0 spiro atoms. The van der Waals surface area contributed by atoms with Crippen molar-refractivity contribution in [3.8, 4) is 0 Å². The summed E-state index contributed by atoms with van der Waals surface area (Å²) in [6.45, 7) is 12.8. The van der Waals surface area contributed by atoms with Gasteiger partial charge in [0.15, 0.2) is 0 Å². The molecule has 1 aromatic heterocycles. The molecule has 0 saturated heterocycles. The molecule has 1 aliphatic carbocycles. The van der Waals surface area contributed by atoms with Gasteiger partial charge >= 0.3 is 0 Å².